The summed E-state index contributed by atoms with van der Waals surface area (Å²) in [6.45, 7) is 0. The van der Waals surface area contributed by atoms with Gasteiger partial charge in [0.1, 0.15) is 0 Å². The van der Waals surface area contributed by atoms with Crippen molar-refractivity contribution < 1.29 is 9.90 Å². The summed E-state index contributed by atoms with van der Waals surface area (Å²) in [6, 6.07) is 8.95. The Morgan fingerprint density at radius 1 is 1.21 bits per heavy atom. The molecule has 0 atom stereocenters. The molecule has 1 N–H and O–H groups in total. The lowest BCUT2D eigenvalue weighted by molar-refractivity contribution is 0.0686. The molecular weight excluding hydrogens is 264 g/mol. The summed E-state index contributed by atoms with van der Waals surface area (Å²) >= 11 is 1.22. The van der Waals surface area contributed by atoms with Crippen LogP contribution >= 0.6 is 11.8 Å². The zero-order valence-electron chi connectivity index (χ0n) is 9.59. The highest BCUT2D eigenvalue weighted by atomic mass is 32.2. The van der Waals surface area contributed by atoms with Crippen molar-refractivity contribution in [3.05, 3.63) is 48.4 Å². The molecule has 0 saturated carbocycles. The average Bonchev–Trinajstić information content (AvgIpc) is 2.83. The Morgan fingerprint density at radius 3 is 2.95 bits per heavy atom. The number of aromatic carboxylic acids is 1. The molecule has 3 aromatic heterocycles. The van der Waals surface area contributed by atoms with Crippen molar-refractivity contribution in [3.63, 3.8) is 0 Å². The van der Waals surface area contributed by atoms with Gasteiger partial charge in [-0.1, -0.05) is 6.07 Å². The summed E-state index contributed by atoms with van der Waals surface area (Å²) in [5, 5.41) is 17.8. The second-order valence-electron chi connectivity index (χ2n) is 3.67. The van der Waals surface area contributed by atoms with Crippen LogP contribution in [0.25, 0.3) is 5.65 Å². The number of aromatic nitrogens is 4. The van der Waals surface area contributed by atoms with Crippen LogP contribution in [0.3, 0.4) is 0 Å². The van der Waals surface area contributed by atoms with Crippen LogP contribution in [0.15, 0.2) is 52.8 Å². The quantitative estimate of drug-likeness (QED) is 0.785. The summed E-state index contributed by atoms with van der Waals surface area (Å²) in [6.07, 6.45) is 3.28. The van der Waals surface area contributed by atoms with Crippen LogP contribution in [-0.2, 0) is 0 Å². The first-order chi connectivity index (χ1) is 9.25. The first kappa shape index (κ1) is 11.7. The van der Waals surface area contributed by atoms with E-state index in [1.165, 1.54) is 18.0 Å². The van der Waals surface area contributed by atoms with Gasteiger partial charge in [-0.05, 0) is 36.0 Å². The topological polar surface area (TPSA) is 80.4 Å². The molecule has 3 aromatic rings. The van der Waals surface area contributed by atoms with Crippen molar-refractivity contribution in [3.8, 4) is 0 Å². The highest BCUT2D eigenvalue weighted by molar-refractivity contribution is 7.99. The van der Waals surface area contributed by atoms with Gasteiger partial charge in [0.15, 0.2) is 11.3 Å². The number of rotatable bonds is 3. The normalized spacial score (nSPS) is 10.7. The maximum Gasteiger partial charge on any atom is 0.355 e. The van der Waals surface area contributed by atoms with E-state index in [1.807, 2.05) is 24.4 Å². The third kappa shape index (κ3) is 2.15. The van der Waals surface area contributed by atoms with E-state index in [0.29, 0.717) is 15.7 Å². The molecule has 0 radical (unpaired) electrons. The van der Waals surface area contributed by atoms with E-state index in [1.54, 1.807) is 16.5 Å². The third-order valence-electron chi connectivity index (χ3n) is 2.46. The van der Waals surface area contributed by atoms with Gasteiger partial charge in [-0.2, -0.15) is 0 Å². The lowest BCUT2D eigenvalue weighted by Crippen LogP contribution is -2.02. The molecule has 7 heteroatoms. The van der Waals surface area contributed by atoms with E-state index in [-0.39, 0.29) is 5.69 Å². The van der Waals surface area contributed by atoms with Gasteiger partial charge in [0.05, 0.1) is 0 Å². The molecule has 3 heterocycles. The highest BCUT2D eigenvalue weighted by Gasteiger charge is 2.14. The smallest absolute Gasteiger partial charge is 0.355 e. The van der Waals surface area contributed by atoms with E-state index >= 15 is 0 Å². The highest BCUT2D eigenvalue weighted by Crippen LogP contribution is 2.28. The maximum atomic E-state index is 11.1. The van der Waals surface area contributed by atoms with Crippen molar-refractivity contribution in [1.82, 2.24) is 19.6 Å². The minimum absolute atomic E-state index is 0.0141. The van der Waals surface area contributed by atoms with Gasteiger partial charge >= 0.3 is 5.97 Å². The molecule has 0 unspecified atom stereocenters. The van der Waals surface area contributed by atoms with Gasteiger partial charge < -0.3 is 5.11 Å². The second-order valence-corrected chi connectivity index (χ2v) is 4.68. The summed E-state index contributed by atoms with van der Waals surface area (Å²) in [4.78, 5) is 15.5. The average molecular weight is 272 g/mol. The van der Waals surface area contributed by atoms with E-state index in [4.69, 9.17) is 5.11 Å². The summed E-state index contributed by atoms with van der Waals surface area (Å²) in [5.41, 5.74) is 0.728. The molecule has 0 aliphatic carbocycles. The van der Waals surface area contributed by atoms with Crippen molar-refractivity contribution >= 4 is 23.4 Å². The van der Waals surface area contributed by atoms with Crippen LogP contribution in [-0.4, -0.2) is 30.7 Å². The number of pyridine rings is 2. The Kier molecular flexibility index (Phi) is 2.88. The Balaban J connectivity index is 2.04. The standard InChI is InChI=1S/C12H8N4O2S/c17-11(18)10-8(4-3-6-13-10)19-12-15-14-9-5-1-2-7-16(9)12/h1-7H,(H,17,18). The van der Waals surface area contributed by atoms with Crippen LogP contribution in [0, 0.1) is 0 Å². The number of carbonyl (C=O) groups is 1. The summed E-state index contributed by atoms with van der Waals surface area (Å²) < 4.78 is 1.79. The number of hydrogen-bond donors (Lipinski definition) is 1. The second kappa shape index (κ2) is 4.69. The fraction of sp³-hybridized carbons (Fsp3) is 0. The van der Waals surface area contributed by atoms with Crippen LogP contribution in [0.1, 0.15) is 10.5 Å². The van der Waals surface area contributed by atoms with E-state index in [2.05, 4.69) is 15.2 Å². The Morgan fingerprint density at radius 2 is 2.11 bits per heavy atom. The van der Waals surface area contributed by atoms with E-state index in [0.717, 1.165) is 0 Å². The molecule has 19 heavy (non-hydrogen) atoms. The SMILES string of the molecule is O=C(O)c1ncccc1Sc1nnc2ccccn12. The molecule has 0 aliphatic rings. The predicted octanol–water partition coefficient (Wildman–Crippen LogP) is 1.97. The monoisotopic (exact) mass is 272 g/mol. The molecule has 0 saturated heterocycles. The van der Waals surface area contributed by atoms with Gasteiger partial charge in [-0.25, -0.2) is 9.78 Å². The molecule has 0 aliphatic heterocycles. The molecule has 0 amide bonds. The Hall–Kier alpha value is -2.41. The maximum absolute atomic E-state index is 11.1. The molecule has 6 nitrogen and oxygen atoms in total. The lowest BCUT2D eigenvalue weighted by atomic mass is 10.3. The molecule has 94 valence electrons. The van der Waals surface area contributed by atoms with Gasteiger partial charge in [-0.3, -0.25) is 4.40 Å². The first-order valence-electron chi connectivity index (χ1n) is 5.41. The van der Waals surface area contributed by atoms with Crippen LogP contribution in [0.5, 0.6) is 0 Å². The first-order valence-corrected chi connectivity index (χ1v) is 6.23. The minimum atomic E-state index is -1.06. The number of fused-ring (bicyclic) bond motifs is 1. The van der Waals surface area contributed by atoms with E-state index in [9.17, 15) is 4.79 Å². The molecule has 0 spiro atoms. The molecule has 3 rings (SSSR count). The minimum Gasteiger partial charge on any atom is -0.476 e. The van der Waals surface area contributed by atoms with Gasteiger partial charge in [0, 0.05) is 17.3 Å². The van der Waals surface area contributed by atoms with Gasteiger partial charge in [0.25, 0.3) is 0 Å². The van der Waals surface area contributed by atoms with Crippen LogP contribution in [0.4, 0.5) is 0 Å². The number of nitrogens with zero attached hydrogens (tertiary/aromatic N) is 4. The van der Waals surface area contributed by atoms with Gasteiger partial charge in [-0.15, -0.1) is 10.2 Å². The van der Waals surface area contributed by atoms with Crippen LogP contribution < -0.4 is 0 Å². The number of carboxylic acid groups (broad SMARTS) is 1. The van der Waals surface area contributed by atoms with Crippen LogP contribution in [0.2, 0.25) is 0 Å². The Bertz CT molecular complexity index is 756. The predicted molar refractivity (Wildman–Crippen MR) is 68.3 cm³/mol. The third-order valence-corrected chi connectivity index (χ3v) is 3.47. The van der Waals surface area contributed by atoms with Crippen molar-refractivity contribution in [2.75, 3.05) is 0 Å². The van der Waals surface area contributed by atoms with Crippen molar-refractivity contribution in [2.45, 2.75) is 10.1 Å². The largest absolute Gasteiger partial charge is 0.476 e. The summed E-state index contributed by atoms with van der Waals surface area (Å²) in [7, 11) is 0. The summed E-state index contributed by atoms with van der Waals surface area (Å²) in [5.74, 6) is -1.06. The zero-order valence-corrected chi connectivity index (χ0v) is 10.4. The fourth-order valence-corrected chi connectivity index (χ4v) is 2.54. The van der Waals surface area contributed by atoms with Crippen molar-refractivity contribution in [1.29, 1.82) is 0 Å². The molecule has 0 fully saturated rings. The Labute approximate surface area is 112 Å². The number of hydrogen-bond acceptors (Lipinski definition) is 5. The molecular formula is C12H8N4O2S. The van der Waals surface area contributed by atoms with Crippen molar-refractivity contribution in [2.24, 2.45) is 0 Å². The fourth-order valence-electron chi connectivity index (χ4n) is 1.62. The zero-order chi connectivity index (χ0) is 13.2. The van der Waals surface area contributed by atoms with E-state index < -0.39 is 5.97 Å². The molecule has 0 aromatic carbocycles. The lowest BCUT2D eigenvalue weighted by Gasteiger charge is -2.02. The molecule has 0 bridgehead atoms. The van der Waals surface area contributed by atoms with Gasteiger partial charge in [0.2, 0.25) is 5.16 Å². The number of carboxylic acids is 1.